The Balaban J connectivity index is 2.12. The summed E-state index contributed by atoms with van der Waals surface area (Å²) in [5, 5.41) is 1.30. The Hall–Kier alpha value is -0.290. The van der Waals surface area contributed by atoms with Gasteiger partial charge in [-0.1, -0.05) is 32.8 Å². The van der Waals surface area contributed by atoms with Crippen molar-refractivity contribution in [1.82, 2.24) is 0 Å². The van der Waals surface area contributed by atoms with Gasteiger partial charge in [0.25, 0.3) is 0 Å². The monoisotopic (exact) mass is 306 g/mol. The van der Waals surface area contributed by atoms with Crippen LogP contribution in [-0.2, 0) is 4.57 Å². The van der Waals surface area contributed by atoms with Gasteiger partial charge in [0.1, 0.15) is 7.14 Å². The first kappa shape index (κ1) is 15.6. The lowest BCUT2D eigenvalue weighted by molar-refractivity contribution is 0.431. The Kier molecular flexibility index (Phi) is 4.02. The maximum absolute atomic E-state index is 13.6. The summed E-state index contributed by atoms with van der Waals surface area (Å²) in [6.45, 7) is 8.58. The van der Waals surface area contributed by atoms with Crippen LogP contribution in [-0.4, -0.2) is 11.8 Å². The molecule has 2 atom stereocenters. The zero-order chi connectivity index (χ0) is 15.3. The van der Waals surface area contributed by atoms with Gasteiger partial charge in [0.15, 0.2) is 0 Å². The number of hydrogen-bond acceptors (Lipinski definition) is 1. The number of hydrogen-bond donors (Lipinski definition) is 0. The predicted molar refractivity (Wildman–Crippen MR) is 92.4 cm³/mol. The molecule has 2 saturated carbocycles. The zero-order valence-electron chi connectivity index (χ0n) is 14.3. The van der Waals surface area contributed by atoms with Gasteiger partial charge in [0, 0.05) is 5.16 Å². The fraction of sp³-hybridized carbons (Fsp3) is 0.789. The molecule has 0 bridgehead atoms. The van der Waals surface area contributed by atoms with E-state index in [0.717, 1.165) is 12.3 Å². The highest BCUT2D eigenvalue weighted by molar-refractivity contribution is 7.68. The highest BCUT2D eigenvalue weighted by Crippen LogP contribution is 2.67. The van der Waals surface area contributed by atoms with Gasteiger partial charge in [-0.05, 0) is 80.4 Å². The van der Waals surface area contributed by atoms with Crippen molar-refractivity contribution in [3.63, 3.8) is 0 Å². The maximum Gasteiger partial charge on any atom is 0.114 e. The second kappa shape index (κ2) is 5.41. The van der Waals surface area contributed by atoms with Crippen LogP contribution >= 0.6 is 7.14 Å². The van der Waals surface area contributed by atoms with E-state index < -0.39 is 7.14 Å². The Labute approximate surface area is 130 Å². The van der Waals surface area contributed by atoms with Crippen molar-refractivity contribution >= 4 is 7.14 Å². The van der Waals surface area contributed by atoms with Crippen LogP contribution < -0.4 is 0 Å². The van der Waals surface area contributed by atoms with Gasteiger partial charge >= 0.3 is 0 Å². The lowest BCUT2D eigenvalue weighted by atomic mass is 9.71. The quantitative estimate of drug-likeness (QED) is 0.505. The van der Waals surface area contributed by atoms with Crippen LogP contribution in [0.15, 0.2) is 22.0 Å². The van der Waals surface area contributed by atoms with Crippen molar-refractivity contribution in [2.75, 3.05) is 6.66 Å². The summed E-state index contributed by atoms with van der Waals surface area (Å²) in [6, 6.07) is 0. The van der Waals surface area contributed by atoms with Crippen LogP contribution in [0, 0.1) is 5.92 Å². The van der Waals surface area contributed by atoms with Crippen LogP contribution in [0.3, 0.4) is 0 Å². The zero-order valence-corrected chi connectivity index (χ0v) is 15.2. The molecule has 0 spiro atoms. The van der Waals surface area contributed by atoms with Crippen LogP contribution in [0.25, 0.3) is 0 Å². The molecular weight excluding hydrogens is 275 g/mol. The Bertz CT molecular complexity index is 544. The van der Waals surface area contributed by atoms with Crippen LogP contribution in [0.1, 0.15) is 78.6 Å². The molecule has 0 aromatic rings. The van der Waals surface area contributed by atoms with Gasteiger partial charge in [-0.3, -0.25) is 0 Å². The van der Waals surface area contributed by atoms with E-state index in [9.17, 15) is 4.57 Å². The molecule has 118 valence electrons. The highest BCUT2D eigenvalue weighted by atomic mass is 31.2. The van der Waals surface area contributed by atoms with Crippen LogP contribution in [0.5, 0.6) is 0 Å². The topological polar surface area (TPSA) is 17.1 Å². The largest absolute Gasteiger partial charge is 0.319 e. The highest BCUT2D eigenvalue weighted by Gasteiger charge is 2.41. The maximum atomic E-state index is 13.6. The standard InChI is InChI=1S/C19H31OP/c1-19(2,3)21(4,20)18-13-14-9-5-6-10-15(14)16-11-7-8-12-17(16)18/h14H,5-13H2,1-4H3/t14-,21?/m1/s1. The molecule has 1 unspecified atom stereocenters. The van der Waals surface area contributed by atoms with Crippen LogP contribution in [0.2, 0.25) is 0 Å². The molecule has 2 heteroatoms. The van der Waals surface area contributed by atoms with Gasteiger partial charge < -0.3 is 4.57 Å². The average molecular weight is 306 g/mol. The summed E-state index contributed by atoms with van der Waals surface area (Å²) in [5.41, 5.74) is 4.99. The van der Waals surface area contributed by atoms with Gasteiger partial charge in [-0.15, -0.1) is 0 Å². The molecule has 1 nitrogen and oxygen atoms in total. The number of allylic oxidation sites excluding steroid dienone is 4. The Morgan fingerprint density at radius 3 is 2.24 bits per heavy atom. The number of fused-ring (bicyclic) bond motifs is 2. The minimum atomic E-state index is -2.26. The number of rotatable bonds is 1. The summed E-state index contributed by atoms with van der Waals surface area (Å²) in [7, 11) is -2.26. The summed E-state index contributed by atoms with van der Waals surface area (Å²) in [6.07, 6.45) is 11.6. The molecule has 21 heavy (non-hydrogen) atoms. The summed E-state index contributed by atoms with van der Waals surface area (Å²) < 4.78 is 13.6. The first-order valence-corrected chi connectivity index (χ1v) is 11.0. The average Bonchev–Trinajstić information content (AvgIpc) is 2.45. The Morgan fingerprint density at radius 2 is 1.57 bits per heavy atom. The molecule has 3 rings (SSSR count). The van der Waals surface area contributed by atoms with Crippen molar-refractivity contribution in [3.8, 4) is 0 Å². The summed E-state index contributed by atoms with van der Waals surface area (Å²) in [4.78, 5) is 0. The van der Waals surface area contributed by atoms with E-state index in [1.54, 1.807) is 16.7 Å². The van der Waals surface area contributed by atoms with E-state index in [-0.39, 0.29) is 5.16 Å². The second-order valence-electron chi connectivity index (χ2n) is 8.38. The molecule has 2 fully saturated rings. The third kappa shape index (κ3) is 2.61. The molecule has 0 heterocycles. The fourth-order valence-electron chi connectivity index (χ4n) is 4.48. The first-order valence-electron chi connectivity index (χ1n) is 8.85. The molecule has 0 saturated heterocycles. The minimum Gasteiger partial charge on any atom is -0.319 e. The van der Waals surface area contributed by atoms with Gasteiger partial charge in [-0.25, -0.2) is 0 Å². The smallest absolute Gasteiger partial charge is 0.114 e. The normalized spacial score (nSPS) is 29.8. The van der Waals surface area contributed by atoms with Crippen molar-refractivity contribution in [3.05, 3.63) is 22.0 Å². The molecule has 0 aliphatic heterocycles. The van der Waals surface area contributed by atoms with E-state index in [0.29, 0.717) is 0 Å². The molecule has 0 aromatic heterocycles. The van der Waals surface area contributed by atoms with Crippen molar-refractivity contribution < 1.29 is 4.57 Å². The third-order valence-corrected chi connectivity index (χ3v) is 10.2. The minimum absolute atomic E-state index is 0.0932. The molecule has 0 aromatic carbocycles. The lowest BCUT2D eigenvalue weighted by Gasteiger charge is -2.42. The van der Waals surface area contributed by atoms with E-state index in [1.165, 1.54) is 56.7 Å². The van der Waals surface area contributed by atoms with Crippen LogP contribution in [0.4, 0.5) is 0 Å². The molecule has 3 aliphatic rings. The molecular formula is C19H31OP. The van der Waals surface area contributed by atoms with E-state index in [4.69, 9.17) is 0 Å². The summed E-state index contributed by atoms with van der Waals surface area (Å²) >= 11 is 0. The molecule has 0 amide bonds. The SMILES string of the molecule is CC(C)(C)P(C)(=O)C1=C2CCCCC2=C2CCCC[C@@H]2C1. The van der Waals surface area contributed by atoms with Gasteiger partial charge in [-0.2, -0.15) is 0 Å². The van der Waals surface area contributed by atoms with Crippen molar-refractivity contribution in [2.45, 2.75) is 83.7 Å². The fourth-order valence-corrected chi connectivity index (χ4v) is 6.62. The molecule has 0 N–H and O–H groups in total. The van der Waals surface area contributed by atoms with Gasteiger partial charge in [0.2, 0.25) is 0 Å². The van der Waals surface area contributed by atoms with Gasteiger partial charge in [0.05, 0.1) is 0 Å². The van der Waals surface area contributed by atoms with Crippen molar-refractivity contribution in [1.29, 1.82) is 0 Å². The Morgan fingerprint density at radius 1 is 0.952 bits per heavy atom. The molecule has 3 aliphatic carbocycles. The van der Waals surface area contributed by atoms with E-state index >= 15 is 0 Å². The van der Waals surface area contributed by atoms with E-state index in [2.05, 4.69) is 27.4 Å². The lowest BCUT2D eigenvalue weighted by Crippen LogP contribution is -2.24. The van der Waals surface area contributed by atoms with E-state index in [1.807, 2.05) is 0 Å². The predicted octanol–water partition coefficient (Wildman–Crippen LogP) is 6.50. The third-order valence-electron chi connectivity index (χ3n) is 6.18. The molecule has 0 radical (unpaired) electrons. The first-order chi connectivity index (χ1) is 9.82. The second-order valence-corrected chi connectivity index (χ2v) is 12.1. The van der Waals surface area contributed by atoms with Crippen molar-refractivity contribution in [2.24, 2.45) is 5.92 Å². The summed E-state index contributed by atoms with van der Waals surface area (Å²) in [5.74, 6) is 0.723.